The van der Waals surface area contributed by atoms with Crippen LogP contribution in [-0.2, 0) is 0 Å². The second-order valence-corrected chi connectivity index (χ2v) is 5.75. The van der Waals surface area contributed by atoms with Crippen molar-refractivity contribution in [3.8, 4) is 5.75 Å². The van der Waals surface area contributed by atoms with E-state index in [4.69, 9.17) is 10.5 Å². The molecular formula is C14H22N2OS. The molecule has 1 fully saturated rings. The van der Waals surface area contributed by atoms with E-state index in [0.717, 1.165) is 18.8 Å². The SMILES string of the molecule is COc1ccc(C(CN)N2CCCSCC2)cc1. The van der Waals surface area contributed by atoms with Crippen molar-refractivity contribution in [2.45, 2.75) is 12.5 Å². The Bertz CT molecular complexity index is 347. The molecule has 4 heteroatoms. The maximum Gasteiger partial charge on any atom is 0.118 e. The number of methoxy groups -OCH3 is 1. The summed E-state index contributed by atoms with van der Waals surface area (Å²) in [4.78, 5) is 2.52. The molecule has 3 nitrogen and oxygen atoms in total. The maximum atomic E-state index is 5.98. The van der Waals surface area contributed by atoms with Crippen molar-refractivity contribution in [3.05, 3.63) is 29.8 Å². The lowest BCUT2D eigenvalue weighted by Gasteiger charge is -2.29. The summed E-state index contributed by atoms with van der Waals surface area (Å²) in [6.07, 6.45) is 1.26. The number of nitrogens with two attached hydrogens (primary N) is 1. The lowest BCUT2D eigenvalue weighted by molar-refractivity contribution is 0.218. The molecule has 2 N–H and O–H groups in total. The van der Waals surface area contributed by atoms with E-state index >= 15 is 0 Å². The number of thioether (sulfide) groups is 1. The standard InChI is InChI=1S/C14H22N2OS/c1-17-13-5-3-12(4-6-13)14(11-15)16-7-2-9-18-10-8-16/h3-6,14H,2,7-11,15H2,1H3. The van der Waals surface area contributed by atoms with E-state index in [1.54, 1.807) is 7.11 Å². The Morgan fingerprint density at radius 1 is 1.28 bits per heavy atom. The van der Waals surface area contributed by atoms with E-state index < -0.39 is 0 Å². The summed E-state index contributed by atoms with van der Waals surface area (Å²) in [7, 11) is 1.70. The smallest absolute Gasteiger partial charge is 0.118 e. The van der Waals surface area contributed by atoms with Gasteiger partial charge in [-0.05, 0) is 36.4 Å². The second-order valence-electron chi connectivity index (χ2n) is 4.53. The fourth-order valence-corrected chi connectivity index (χ4v) is 3.30. The molecule has 0 radical (unpaired) electrons. The first kappa shape index (κ1) is 13.7. The van der Waals surface area contributed by atoms with Crippen LogP contribution in [-0.4, -0.2) is 43.1 Å². The van der Waals surface area contributed by atoms with Gasteiger partial charge in [0.2, 0.25) is 0 Å². The number of hydrogen-bond acceptors (Lipinski definition) is 4. The summed E-state index contributed by atoms with van der Waals surface area (Å²) in [5, 5.41) is 0. The average molecular weight is 266 g/mol. The molecule has 1 aliphatic heterocycles. The van der Waals surface area contributed by atoms with Crippen molar-refractivity contribution < 1.29 is 4.74 Å². The van der Waals surface area contributed by atoms with E-state index in [2.05, 4.69) is 17.0 Å². The molecule has 0 spiro atoms. The van der Waals surface area contributed by atoms with Gasteiger partial charge in [0.25, 0.3) is 0 Å². The van der Waals surface area contributed by atoms with Crippen LogP contribution in [0.1, 0.15) is 18.0 Å². The van der Waals surface area contributed by atoms with Gasteiger partial charge in [-0.1, -0.05) is 12.1 Å². The summed E-state index contributed by atoms with van der Waals surface area (Å²) < 4.78 is 5.20. The summed E-state index contributed by atoms with van der Waals surface area (Å²) in [5.74, 6) is 3.39. The summed E-state index contributed by atoms with van der Waals surface area (Å²) in [6.45, 7) is 2.97. The molecule has 1 aliphatic rings. The van der Waals surface area contributed by atoms with Crippen LogP contribution in [0, 0.1) is 0 Å². The summed E-state index contributed by atoms with van der Waals surface area (Å²) >= 11 is 2.05. The van der Waals surface area contributed by atoms with Crippen molar-refractivity contribution in [1.29, 1.82) is 0 Å². The zero-order valence-corrected chi connectivity index (χ0v) is 11.8. The molecule has 1 unspecified atom stereocenters. The number of hydrogen-bond donors (Lipinski definition) is 1. The Morgan fingerprint density at radius 2 is 2.06 bits per heavy atom. The Hall–Kier alpha value is -0.710. The Kier molecular flexibility index (Phi) is 5.35. The highest BCUT2D eigenvalue weighted by atomic mass is 32.2. The first-order valence-electron chi connectivity index (χ1n) is 6.51. The Labute approximate surface area is 114 Å². The van der Waals surface area contributed by atoms with Crippen molar-refractivity contribution in [3.63, 3.8) is 0 Å². The van der Waals surface area contributed by atoms with Gasteiger partial charge in [0, 0.05) is 24.9 Å². The zero-order chi connectivity index (χ0) is 12.8. The molecule has 1 heterocycles. The summed E-state index contributed by atoms with van der Waals surface area (Å²) in [5.41, 5.74) is 7.27. The highest BCUT2D eigenvalue weighted by molar-refractivity contribution is 7.99. The van der Waals surface area contributed by atoms with Crippen molar-refractivity contribution in [2.24, 2.45) is 5.73 Å². The minimum atomic E-state index is 0.342. The van der Waals surface area contributed by atoms with E-state index in [0.29, 0.717) is 12.6 Å². The van der Waals surface area contributed by atoms with E-state index in [-0.39, 0.29) is 0 Å². The predicted octanol–water partition coefficient (Wildman–Crippen LogP) is 2.13. The minimum absolute atomic E-state index is 0.342. The minimum Gasteiger partial charge on any atom is -0.497 e. The molecule has 100 valence electrons. The summed E-state index contributed by atoms with van der Waals surface area (Å²) in [6, 6.07) is 8.65. The van der Waals surface area contributed by atoms with Crippen molar-refractivity contribution >= 4 is 11.8 Å². The van der Waals surface area contributed by atoms with Crippen LogP contribution in [0.25, 0.3) is 0 Å². The normalized spacial score (nSPS) is 19.2. The van der Waals surface area contributed by atoms with Crippen LogP contribution >= 0.6 is 11.8 Å². The van der Waals surface area contributed by atoms with E-state index in [1.165, 1.54) is 23.5 Å². The van der Waals surface area contributed by atoms with Crippen molar-refractivity contribution in [2.75, 3.05) is 38.2 Å². The van der Waals surface area contributed by atoms with Gasteiger partial charge in [-0.25, -0.2) is 0 Å². The van der Waals surface area contributed by atoms with Crippen LogP contribution in [0.5, 0.6) is 5.75 Å². The van der Waals surface area contributed by atoms with Crippen molar-refractivity contribution in [1.82, 2.24) is 4.90 Å². The third kappa shape index (κ3) is 3.40. The molecule has 1 aromatic carbocycles. The maximum absolute atomic E-state index is 5.98. The van der Waals surface area contributed by atoms with E-state index in [1.807, 2.05) is 23.9 Å². The van der Waals surface area contributed by atoms with Crippen LogP contribution in [0.3, 0.4) is 0 Å². The van der Waals surface area contributed by atoms with Gasteiger partial charge in [0.15, 0.2) is 0 Å². The molecule has 2 rings (SSSR count). The number of rotatable bonds is 4. The van der Waals surface area contributed by atoms with Gasteiger partial charge in [-0.2, -0.15) is 11.8 Å². The van der Waals surface area contributed by atoms with E-state index in [9.17, 15) is 0 Å². The Balaban J connectivity index is 2.10. The average Bonchev–Trinajstić information content (AvgIpc) is 2.70. The molecule has 0 amide bonds. The molecule has 18 heavy (non-hydrogen) atoms. The number of ether oxygens (including phenoxy) is 1. The molecule has 0 aliphatic carbocycles. The van der Waals surface area contributed by atoms with Gasteiger partial charge < -0.3 is 10.5 Å². The van der Waals surface area contributed by atoms with Gasteiger partial charge in [0.1, 0.15) is 5.75 Å². The molecular weight excluding hydrogens is 244 g/mol. The Morgan fingerprint density at radius 3 is 2.72 bits per heavy atom. The molecule has 1 saturated heterocycles. The van der Waals surface area contributed by atoms with Gasteiger partial charge in [0.05, 0.1) is 7.11 Å². The van der Waals surface area contributed by atoms with Crippen LogP contribution in [0.15, 0.2) is 24.3 Å². The molecule has 0 aromatic heterocycles. The van der Waals surface area contributed by atoms with Gasteiger partial charge >= 0.3 is 0 Å². The highest BCUT2D eigenvalue weighted by Crippen LogP contribution is 2.24. The molecule has 1 atom stereocenters. The van der Waals surface area contributed by atoms with Gasteiger partial charge in [-0.3, -0.25) is 4.90 Å². The second kappa shape index (κ2) is 7.02. The van der Waals surface area contributed by atoms with Crippen LogP contribution in [0.2, 0.25) is 0 Å². The molecule has 0 saturated carbocycles. The molecule has 1 aromatic rings. The first-order chi connectivity index (χ1) is 8.85. The highest BCUT2D eigenvalue weighted by Gasteiger charge is 2.20. The molecule has 0 bridgehead atoms. The number of benzene rings is 1. The lowest BCUT2D eigenvalue weighted by Crippen LogP contribution is -2.35. The van der Waals surface area contributed by atoms with Crippen LogP contribution in [0.4, 0.5) is 0 Å². The lowest BCUT2D eigenvalue weighted by atomic mass is 10.0. The topological polar surface area (TPSA) is 38.5 Å². The largest absolute Gasteiger partial charge is 0.497 e. The third-order valence-electron chi connectivity index (χ3n) is 3.42. The van der Waals surface area contributed by atoms with Gasteiger partial charge in [-0.15, -0.1) is 0 Å². The fourth-order valence-electron chi connectivity index (χ4n) is 2.40. The zero-order valence-electron chi connectivity index (χ0n) is 11.0. The third-order valence-corrected chi connectivity index (χ3v) is 4.47. The van der Waals surface area contributed by atoms with Crippen LogP contribution < -0.4 is 10.5 Å². The predicted molar refractivity (Wildman–Crippen MR) is 78.3 cm³/mol. The number of nitrogens with zero attached hydrogens (tertiary/aromatic N) is 1. The monoisotopic (exact) mass is 266 g/mol. The fraction of sp³-hybridized carbons (Fsp3) is 0.571. The first-order valence-corrected chi connectivity index (χ1v) is 7.66. The quantitative estimate of drug-likeness (QED) is 0.906.